The van der Waals surface area contributed by atoms with Crippen molar-refractivity contribution in [2.24, 2.45) is 0 Å². The first-order valence-electron chi connectivity index (χ1n) is 9.36. The van der Waals surface area contributed by atoms with Gasteiger partial charge in [0.2, 0.25) is 0 Å². The van der Waals surface area contributed by atoms with E-state index in [9.17, 15) is 9.18 Å². The number of aromatic nitrogens is 4. The second-order valence-corrected chi connectivity index (χ2v) is 6.85. The number of rotatable bonds is 6. The molecule has 4 aromatic rings. The molecule has 0 saturated heterocycles. The third kappa shape index (κ3) is 5.01. The molecular formula is C22H19FN5NaO3. The molecule has 0 atom stereocenters. The number of carboxylic acid groups (broad SMARTS) is 1. The normalized spacial score (nSPS) is 10.5. The summed E-state index contributed by atoms with van der Waals surface area (Å²) in [5.41, 5.74) is 2.67. The molecule has 0 amide bonds. The zero-order valence-electron chi connectivity index (χ0n) is 18.8. The minimum absolute atomic E-state index is 0. The number of carboxylic acids is 1. The Balaban J connectivity index is 0.00000193. The van der Waals surface area contributed by atoms with Crippen molar-refractivity contribution >= 4 is 28.5 Å². The van der Waals surface area contributed by atoms with Gasteiger partial charge in [-0.2, -0.15) is 5.10 Å². The predicted octanol–water partition coefficient (Wildman–Crippen LogP) is 0.882. The van der Waals surface area contributed by atoms with Gasteiger partial charge in [-0.25, -0.2) is 19.2 Å². The zero-order valence-corrected chi connectivity index (χ0v) is 19.8. The number of benzene rings is 2. The fourth-order valence-corrected chi connectivity index (χ4v) is 3.13. The maximum absolute atomic E-state index is 13.4. The van der Waals surface area contributed by atoms with E-state index in [1.165, 1.54) is 18.5 Å². The van der Waals surface area contributed by atoms with E-state index in [2.05, 4.69) is 20.2 Å². The van der Waals surface area contributed by atoms with Crippen molar-refractivity contribution in [2.45, 2.75) is 6.92 Å². The van der Waals surface area contributed by atoms with Crippen molar-refractivity contribution in [1.29, 1.82) is 0 Å². The van der Waals surface area contributed by atoms with Crippen LogP contribution in [0.4, 0.5) is 16.0 Å². The largest absolute Gasteiger partial charge is 1.00 e. The van der Waals surface area contributed by atoms with Crippen LogP contribution in [-0.4, -0.2) is 44.9 Å². The van der Waals surface area contributed by atoms with E-state index in [1.54, 1.807) is 30.1 Å². The van der Waals surface area contributed by atoms with Gasteiger partial charge in [-0.1, -0.05) is 12.1 Å². The summed E-state index contributed by atoms with van der Waals surface area (Å²) < 4.78 is 18.9. The summed E-state index contributed by atoms with van der Waals surface area (Å²) in [7, 11) is 1.80. The molecule has 0 aliphatic heterocycles. The van der Waals surface area contributed by atoms with E-state index in [-0.39, 0.29) is 42.6 Å². The van der Waals surface area contributed by atoms with Crippen LogP contribution in [0.5, 0.6) is 5.75 Å². The molecule has 0 saturated carbocycles. The van der Waals surface area contributed by atoms with Gasteiger partial charge in [0.15, 0.2) is 12.4 Å². The van der Waals surface area contributed by atoms with Gasteiger partial charge in [-0.3, -0.25) is 0 Å². The molecule has 0 radical (unpaired) electrons. The van der Waals surface area contributed by atoms with Crippen molar-refractivity contribution < 1.29 is 50.0 Å². The predicted molar refractivity (Wildman–Crippen MR) is 114 cm³/mol. The molecule has 0 spiro atoms. The van der Waals surface area contributed by atoms with Gasteiger partial charge >= 0.3 is 35.5 Å². The second-order valence-electron chi connectivity index (χ2n) is 6.85. The van der Waals surface area contributed by atoms with Gasteiger partial charge in [0.05, 0.1) is 5.69 Å². The number of aryl methyl sites for hydroxylation is 1. The number of ether oxygens (including phenoxy) is 1. The average Bonchev–Trinajstić information content (AvgIpc) is 2.77. The molecule has 0 unspecified atom stereocenters. The van der Waals surface area contributed by atoms with E-state index in [4.69, 9.17) is 9.84 Å². The molecule has 2 heterocycles. The first kappa shape index (κ1) is 23.5. The second kappa shape index (κ2) is 9.99. The molecule has 1 N–H and O–H groups in total. The van der Waals surface area contributed by atoms with Gasteiger partial charge in [0.25, 0.3) is 0 Å². The summed E-state index contributed by atoms with van der Waals surface area (Å²) in [4.78, 5) is 21.5. The van der Waals surface area contributed by atoms with Crippen LogP contribution in [-0.2, 0) is 4.79 Å². The summed E-state index contributed by atoms with van der Waals surface area (Å²) in [6.07, 6.45) is 1.38. The van der Waals surface area contributed by atoms with Gasteiger partial charge in [-0.15, -0.1) is 5.10 Å². The molecule has 4 rings (SSSR count). The molecule has 0 bridgehead atoms. The number of fused-ring (bicyclic) bond motifs is 1. The Labute approximate surface area is 206 Å². The monoisotopic (exact) mass is 443 g/mol. The summed E-state index contributed by atoms with van der Waals surface area (Å²) >= 11 is 0. The molecule has 8 nitrogen and oxygen atoms in total. The first-order chi connectivity index (χ1) is 14.9. The van der Waals surface area contributed by atoms with Gasteiger partial charge in [0, 0.05) is 12.4 Å². The molecule has 158 valence electrons. The molecule has 10 heteroatoms. The fourth-order valence-electron chi connectivity index (χ4n) is 3.13. The number of carbonyl (C=O) groups is 1. The van der Waals surface area contributed by atoms with E-state index in [0.29, 0.717) is 28.1 Å². The fraction of sp³-hybridized carbons (Fsp3) is 0.136. The van der Waals surface area contributed by atoms with Gasteiger partial charge < -0.3 is 16.2 Å². The Morgan fingerprint density at radius 3 is 2.50 bits per heavy atom. The quantitative estimate of drug-likeness (QED) is 0.439. The molecule has 2 aromatic heterocycles. The summed E-state index contributed by atoms with van der Waals surface area (Å²) in [5, 5.41) is 18.0. The third-order valence-corrected chi connectivity index (χ3v) is 4.66. The van der Waals surface area contributed by atoms with Crippen molar-refractivity contribution in [1.82, 2.24) is 20.2 Å². The van der Waals surface area contributed by atoms with E-state index >= 15 is 0 Å². The van der Waals surface area contributed by atoms with Crippen LogP contribution in [0.2, 0.25) is 0 Å². The number of anilines is 2. The van der Waals surface area contributed by atoms with Gasteiger partial charge in [-0.05, 0) is 54.4 Å². The number of hydrogen-bond donors (Lipinski definition) is 1. The van der Waals surface area contributed by atoms with E-state index in [0.717, 1.165) is 11.3 Å². The Kier molecular flexibility index (Phi) is 7.34. The molecule has 0 aliphatic carbocycles. The number of hydrogen-bond acceptors (Lipinski definition) is 7. The van der Waals surface area contributed by atoms with Gasteiger partial charge in [0.1, 0.15) is 29.2 Å². The summed E-state index contributed by atoms with van der Waals surface area (Å²) in [6, 6.07) is 13.2. The van der Waals surface area contributed by atoms with Crippen LogP contribution in [0.25, 0.3) is 22.0 Å². The zero-order chi connectivity index (χ0) is 22.0. The maximum Gasteiger partial charge on any atom is 1.00 e. The third-order valence-electron chi connectivity index (χ3n) is 4.66. The smallest absolute Gasteiger partial charge is 1.00 e. The maximum atomic E-state index is 13.4. The van der Waals surface area contributed by atoms with Crippen molar-refractivity contribution in [3.8, 4) is 16.9 Å². The Morgan fingerprint density at radius 1 is 1.09 bits per heavy atom. The molecule has 0 fully saturated rings. The Bertz CT molecular complexity index is 1260. The Hall–Kier alpha value is -3.14. The van der Waals surface area contributed by atoms with Crippen molar-refractivity contribution in [3.05, 3.63) is 66.4 Å². The average molecular weight is 443 g/mol. The minimum Gasteiger partial charge on any atom is -1.00 e. The first-order valence-corrected chi connectivity index (χ1v) is 9.36. The standard InChI is InChI=1S/C22H18FN5O3.Na.H/c1-13-3-8-19(27-26-13)28(2)22-17-9-15(14-4-6-16(23)7-5-14)10-18(31-11-20(29)30)21(17)24-12-25-22;;/h3-10,12H,11H2,1-2H3,(H,29,30);;/q;+1;-1. The SMILES string of the molecule is Cc1ccc(N(C)c2ncnc3c(OCC(=O)O)cc(-c4ccc(F)cc4)cc23)nn1.[H-].[Na+]. The van der Waals surface area contributed by atoms with E-state index < -0.39 is 12.6 Å². The van der Waals surface area contributed by atoms with Crippen LogP contribution < -0.4 is 39.2 Å². The van der Waals surface area contributed by atoms with Crippen LogP contribution in [0.1, 0.15) is 7.12 Å². The number of aliphatic carboxylic acids is 1. The van der Waals surface area contributed by atoms with Crippen LogP contribution in [0.15, 0.2) is 54.9 Å². The molecular weight excluding hydrogens is 424 g/mol. The summed E-state index contributed by atoms with van der Waals surface area (Å²) in [6.45, 7) is 1.32. The summed E-state index contributed by atoms with van der Waals surface area (Å²) in [5.74, 6) is -0.0698. The molecule has 0 aliphatic rings. The van der Waals surface area contributed by atoms with Crippen LogP contribution >= 0.6 is 0 Å². The number of halogens is 1. The van der Waals surface area contributed by atoms with Crippen molar-refractivity contribution in [3.63, 3.8) is 0 Å². The molecule has 32 heavy (non-hydrogen) atoms. The molecule has 2 aromatic carbocycles. The minimum atomic E-state index is -1.11. The van der Waals surface area contributed by atoms with Crippen molar-refractivity contribution in [2.75, 3.05) is 18.6 Å². The van der Waals surface area contributed by atoms with Crippen LogP contribution in [0.3, 0.4) is 0 Å². The Morgan fingerprint density at radius 2 is 1.84 bits per heavy atom. The number of nitrogens with zero attached hydrogens (tertiary/aromatic N) is 5. The van der Waals surface area contributed by atoms with Crippen LogP contribution in [0, 0.1) is 12.7 Å². The van der Waals surface area contributed by atoms with E-state index in [1.807, 2.05) is 25.1 Å². The topological polar surface area (TPSA) is 101 Å².